The molecule has 0 radical (unpaired) electrons. The van der Waals surface area contributed by atoms with Gasteiger partial charge >= 0.3 is 0 Å². The van der Waals surface area contributed by atoms with E-state index in [0.717, 1.165) is 12.3 Å². The Balaban J connectivity index is 1.58. The lowest BCUT2D eigenvalue weighted by Gasteiger charge is -2.24. The predicted molar refractivity (Wildman–Crippen MR) is 86.8 cm³/mol. The number of rotatable bonds is 2. The van der Waals surface area contributed by atoms with Crippen LogP contribution < -0.4 is 14.4 Å². The van der Waals surface area contributed by atoms with Crippen LogP contribution in [0.4, 0.5) is 10.1 Å². The van der Waals surface area contributed by atoms with E-state index >= 15 is 0 Å². The molecule has 0 saturated carbocycles. The first-order chi connectivity index (χ1) is 11.4. The van der Waals surface area contributed by atoms with E-state index in [9.17, 15) is 12.8 Å². The number of hydrogen-bond acceptors (Lipinski definition) is 5. The summed E-state index contributed by atoms with van der Waals surface area (Å²) in [7, 11) is -3.43. The monoisotopic (exact) mass is 349 g/mol. The number of nitrogens with zero attached hydrogens (tertiary/aromatic N) is 1. The fraction of sp³-hybridized carbons (Fsp3) is 0.294. The molecule has 0 unspecified atom stereocenters. The van der Waals surface area contributed by atoms with Crippen molar-refractivity contribution < 1.29 is 22.3 Å². The van der Waals surface area contributed by atoms with Crippen LogP contribution in [0.3, 0.4) is 0 Å². The molecular formula is C17H16FNO4S. The van der Waals surface area contributed by atoms with Gasteiger partial charge in [-0.15, -0.1) is 0 Å². The first-order valence-electron chi connectivity index (χ1n) is 7.58. The van der Waals surface area contributed by atoms with E-state index in [0.29, 0.717) is 36.7 Å². The first-order valence-corrected chi connectivity index (χ1v) is 9.47. The molecule has 0 aliphatic carbocycles. The third-order valence-corrected chi connectivity index (χ3v) is 5.43. The highest BCUT2D eigenvalue weighted by atomic mass is 32.2. The zero-order valence-corrected chi connectivity index (χ0v) is 13.8. The molecule has 2 aromatic rings. The molecule has 2 aliphatic rings. The van der Waals surface area contributed by atoms with Crippen LogP contribution >= 0.6 is 0 Å². The lowest BCUT2D eigenvalue weighted by Crippen LogP contribution is -2.41. The largest absolute Gasteiger partial charge is 0.447 e. The van der Waals surface area contributed by atoms with E-state index in [1.165, 1.54) is 12.1 Å². The summed E-state index contributed by atoms with van der Waals surface area (Å²) in [5, 5.41) is 0. The summed E-state index contributed by atoms with van der Waals surface area (Å²) < 4.78 is 49.3. The van der Waals surface area contributed by atoms with E-state index in [4.69, 9.17) is 9.47 Å². The van der Waals surface area contributed by atoms with Crippen molar-refractivity contribution in [3.8, 4) is 11.5 Å². The highest BCUT2D eigenvalue weighted by Crippen LogP contribution is 2.43. The fourth-order valence-electron chi connectivity index (χ4n) is 3.14. The summed E-state index contributed by atoms with van der Waals surface area (Å²) >= 11 is 0. The van der Waals surface area contributed by atoms with Crippen molar-refractivity contribution in [3.05, 3.63) is 48.3 Å². The van der Waals surface area contributed by atoms with Gasteiger partial charge in [0.05, 0.1) is 17.1 Å². The van der Waals surface area contributed by atoms with Crippen LogP contribution in [-0.2, 0) is 9.84 Å². The fourth-order valence-corrected chi connectivity index (χ4v) is 3.77. The van der Waals surface area contributed by atoms with Gasteiger partial charge < -0.3 is 14.4 Å². The summed E-state index contributed by atoms with van der Waals surface area (Å²) in [6, 6.07) is 11.4. The smallest absolute Gasteiger partial charge is 0.270 e. The van der Waals surface area contributed by atoms with Gasteiger partial charge in [0, 0.05) is 19.2 Å². The number of para-hydroxylation sites is 2. The van der Waals surface area contributed by atoms with E-state index in [-0.39, 0.29) is 4.90 Å². The number of halogens is 1. The zero-order chi connectivity index (χ0) is 16.9. The molecule has 0 amide bonds. The first kappa shape index (κ1) is 15.3. The molecule has 2 aliphatic heterocycles. The number of fused-ring (bicyclic) bond motifs is 1. The molecule has 1 fully saturated rings. The molecule has 4 rings (SSSR count). The van der Waals surface area contributed by atoms with Crippen molar-refractivity contribution in [2.75, 3.05) is 24.2 Å². The highest BCUT2D eigenvalue weighted by molar-refractivity contribution is 7.90. The molecule has 0 N–H and O–H groups in total. The maximum atomic E-state index is 14.4. The second kappa shape index (κ2) is 5.11. The molecule has 1 saturated heterocycles. The van der Waals surface area contributed by atoms with Crippen LogP contribution in [0.5, 0.6) is 11.5 Å². The van der Waals surface area contributed by atoms with Gasteiger partial charge in [0.15, 0.2) is 21.3 Å². The molecule has 24 heavy (non-hydrogen) atoms. The Kier molecular flexibility index (Phi) is 3.25. The van der Waals surface area contributed by atoms with Crippen LogP contribution in [0.2, 0.25) is 0 Å². The SMILES string of the molecule is CS(=O)(=O)c1ccc(N2CCC3(C2)Oc2ccccc2O3)c(F)c1. The van der Waals surface area contributed by atoms with E-state index in [1.54, 1.807) is 0 Å². The van der Waals surface area contributed by atoms with Crippen molar-refractivity contribution in [2.24, 2.45) is 0 Å². The second-order valence-electron chi connectivity index (χ2n) is 6.12. The van der Waals surface area contributed by atoms with Crippen molar-refractivity contribution in [3.63, 3.8) is 0 Å². The van der Waals surface area contributed by atoms with Crippen LogP contribution in [-0.4, -0.2) is 33.6 Å². The molecule has 0 bridgehead atoms. The Bertz CT molecular complexity index is 888. The number of ether oxygens (including phenoxy) is 2. The van der Waals surface area contributed by atoms with Gasteiger partial charge in [-0.05, 0) is 30.3 Å². The quantitative estimate of drug-likeness (QED) is 0.834. The van der Waals surface area contributed by atoms with Crippen LogP contribution in [0.1, 0.15) is 6.42 Å². The third-order valence-electron chi connectivity index (χ3n) is 4.32. The van der Waals surface area contributed by atoms with E-state index in [2.05, 4.69) is 0 Å². The normalized spacial score (nSPS) is 18.3. The summed E-state index contributed by atoms with van der Waals surface area (Å²) in [6.07, 6.45) is 1.65. The van der Waals surface area contributed by atoms with Gasteiger partial charge in [-0.25, -0.2) is 12.8 Å². The maximum absolute atomic E-state index is 14.4. The zero-order valence-electron chi connectivity index (χ0n) is 13.0. The van der Waals surface area contributed by atoms with Crippen molar-refractivity contribution in [2.45, 2.75) is 17.1 Å². The van der Waals surface area contributed by atoms with Crippen molar-refractivity contribution in [1.82, 2.24) is 0 Å². The summed E-state index contributed by atoms with van der Waals surface area (Å²) in [5.74, 6) is -0.00369. The van der Waals surface area contributed by atoms with Gasteiger partial charge in [-0.1, -0.05) is 12.1 Å². The molecule has 0 aromatic heterocycles. The predicted octanol–water partition coefficient (Wildman–Crippen LogP) is 2.61. The lowest BCUT2D eigenvalue weighted by molar-refractivity contribution is -0.0577. The van der Waals surface area contributed by atoms with Crippen molar-refractivity contribution in [1.29, 1.82) is 0 Å². The molecule has 2 heterocycles. The van der Waals surface area contributed by atoms with Crippen molar-refractivity contribution >= 4 is 15.5 Å². The summed E-state index contributed by atoms with van der Waals surface area (Å²) in [5.41, 5.74) is 0.349. The number of benzene rings is 2. The van der Waals surface area contributed by atoms with Crippen LogP contribution in [0.15, 0.2) is 47.4 Å². The lowest BCUT2D eigenvalue weighted by atomic mass is 10.2. The number of hydrogen-bond donors (Lipinski definition) is 0. The maximum Gasteiger partial charge on any atom is 0.270 e. The molecular weight excluding hydrogens is 333 g/mol. The number of anilines is 1. The average Bonchev–Trinajstić information content (AvgIpc) is 3.09. The van der Waals surface area contributed by atoms with Crippen LogP contribution in [0, 0.1) is 5.82 Å². The summed E-state index contributed by atoms with van der Waals surface area (Å²) in [6.45, 7) is 0.931. The highest BCUT2D eigenvalue weighted by Gasteiger charge is 2.47. The minimum absolute atomic E-state index is 0.0292. The Labute approximate surface area is 139 Å². The minimum atomic E-state index is -3.43. The average molecular weight is 349 g/mol. The topological polar surface area (TPSA) is 55.8 Å². The van der Waals surface area contributed by atoms with Gasteiger partial charge in [-0.2, -0.15) is 0 Å². The molecule has 126 valence electrons. The van der Waals surface area contributed by atoms with Gasteiger partial charge in [0.1, 0.15) is 5.82 Å². The summed E-state index contributed by atoms with van der Waals surface area (Å²) in [4.78, 5) is 1.78. The minimum Gasteiger partial charge on any atom is -0.447 e. The molecule has 7 heteroatoms. The molecule has 2 aromatic carbocycles. The van der Waals surface area contributed by atoms with E-state index in [1.807, 2.05) is 29.2 Å². The van der Waals surface area contributed by atoms with Gasteiger partial charge in [0.25, 0.3) is 5.79 Å². The standard InChI is InChI=1S/C17H16FNO4S/c1-24(20,21)12-6-7-14(13(18)10-12)19-9-8-17(11-19)22-15-4-2-3-5-16(15)23-17/h2-7,10H,8-9,11H2,1H3. The van der Waals surface area contributed by atoms with Gasteiger partial charge in [0.2, 0.25) is 0 Å². The molecule has 0 atom stereocenters. The Morgan fingerprint density at radius 1 is 1.12 bits per heavy atom. The third kappa shape index (κ3) is 2.49. The number of sulfone groups is 1. The van der Waals surface area contributed by atoms with E-state index < -0.39 is 21.4 Å². The Morgan fingerprint density at radius 2 is 1.79 bits per heavy atom. The van der Waals surface area contributed by atoms with Crippen LogP contribution in [0.25, 0.3) is 0 Å². The Hall–Kier alpha value is -2.28. The van der Waals surface area contributed by atoms with Gasteiger partial charge in [-0.3, -0.25) is 0 Å². The second-order valence-corrected chi connectivity index (χ2v) is 8.13. The molecule has 1 spiro atoms. The molecule has 5 nitrogen and oxygen atoms in total. The Morgan fingerprint density at radius 3 is 2.38 bits per heavy atom.